The van der Waals surface area contributed by atoms with Gasteiger partial charge in [0.05, 0.1) is 6.61 Å². The summed E-state index contributed by atoms with van der Waals surface area (Å²) in [5, 5.41) is 0. The van der Waals surface area contributed by atoms with Crippen LogP contribution in [0, 0.1) is 11.7 Å². The van der Waals surface area contributed by atoms with Crippen molar-refractivity contribution in [3.8, 4) is 5.75 Å². The van der Waals surface area contributed by atoms with Gasteiger partial charge in [0.15, 0.2) is 11.6 Å². The highest BCUT2D eigenvalue weighted by Gasteiger charge is 2.23. The van der Waals surface area contributed by atoms with Gasteiger partial charge in [-0.25, -0.2) is 4.39 Å². The Morgan fingerprint density at radius 2 is 2.12 bits per heavy atom. The first kappa shape index (κ1) is 11.4. The number of hydrogen-bond acceptors (Lipinski definition) is 2. The van der Waals surface area contributed by atoms with Crippen LogP contribution >= 0.6 is 0 Å². The van der Waals surface area contributed by atoms with Crippen LogP contribution in [0.15, 0.2) is 24.3 Å². The molecule has 2 nitrogen and oxygen atoms in total. The Morgan fingerprint density at radius 3 is 2.81 bits per heavy atom. The van der Waals surface area contributed by atoms with Gasteiger partial charge >= 0.3 is 0 Å². The normalized spacial score (nSPS) is 24.6. The summed E-state index contributed by atoms with van der Waals surface area (Å²) < 4.78 is 18.6. The van der Waals surface area contributed by atoms with Gasteiger partial charge < -0.3 is 10.5 Å². The Bertz CT molecular complexity index is 342. The van der Waals surface area contributed by atoms with Crippen LogP contribution in [0.25, 0.3) is 0 Å². The van der Waals surface area contributed by atoms with Crippen molar-refractivity contribution in [1.82, 2.24) is 0 Å². The first-order valence-electron chi connectivity index (χ1n) is 5.90. The molecule has 2 N–H and O–H groups in total. The smallest absolute Gasteiger partial charge is 0.165 e. The van der Waals surface area contributed by atoms with Crippen molar-refractivity contribution in [1.29, 1.82) is 0 Å². The summed E-state index contributed by atoms with van der Waals surface area (Å²) in [6.45, 7) is 0.555. The van der Waals surface area contributed by atoms with Gasteiger partial charge in [-0.1, -0.05) is 18.6 Å². The third-order valence-corrected chi connectivity index (χ3v) is 3.30. The Kier molecular flexibility index (Phi) is 3.78. The maximum Gasteiger partial charge on any atom is 0.165 e. The molecule has 3 heteroatoms. The van der Waals surface area contributed by atoms with E-state index in [-0.39, 0.29) is 5.82 Å². The van der Waals surface area contributed by atoms with Crippen LogP contribution in [-0.2, 0) is 0 Å². The number of ether oxygens (including phenoxy) is 1. The zero-order valence-corrected chi connectivity index (χ0v) is 9.36. The second-order valence-electron chi connectivity index (χ2n) is 4.42. The summed E-state index contributed by atoms with van der Waals surface area (Å²) in [5.74, 6) is 0.596. The van der Waals surface area contributed by atoms with Crippen LogP contribution in [0.5, 0.6) is 5.75 Å². The van der Waals surface area contributed by atoms with Gasteiger partial charge in [0.2, 0.25) is 0 Å². The molecular formula is C13H18FNO. The molecule has 0 aliphatic heterocycles. The topological polar surface area (TPSA) is 35.2 Å². The van der Waals surface area contributed by atoms with Crippen LogP contribution in [0.3, 0.4) is 0 Å². The summed E-state index contributed by atoms with van der Waals surface area (Å²) in [5.41, 5.74) is 5.96. The molecule has 0 amide bonds. The average molecular weight is 223 g/mol. The second-order valence-corrected chi connectivity index (χ2v) is 4.42. The fourth-order valence-corrected chi connectivity index (χ4v) is 2.31. The highest BCUT2D eigenvalue weighted by Crippen LogP contribution is 2.27. The summed E-state index contributed by atoms with van der Waals surface area (Å²) in [4.78, 5) is 0. The zero-order valence-electron chi connectivity index (χ0n) is 9.36. The van der Waals surface area contributed by atoms with Crippen LogP contribution in [0.4, 0.5) is 4.39 Å². The van der Waals surface area contributed by atoms with Gasteiger partial charge in [0, 0.05) is 6.04 Å². The third-order valence-electron chi connectivity index (χ3n) is 3.30. The van der Waals surface area contributed by atoms with Gasteiger partial charge in [-0.2, -0.15) is 0 Å². The third kappa shape index (κ3) is 2.73. The van der Waals surface area contributed by atoms with Gasteiger partial charge in [0.25, 0.3) is 0 Å². The lowest BCUT2D eigenvalue weighted by Crippen LogP contribution is -2.25. The quantitative estimate of drug-likeness (QED) is 0.851. The van der Waals surface area contributed by atoms with Crippen molar-refractivity contribution in [2.45, 2.75) is 31.7 Å². The second kappa shape index (κ2) is 5.30. The molecule has 1 aromatic rings. The van der Waals surface area contributed by atoms with Crippen molar-refractivity contribution < 1.29 is 9.13 Å². The van der Waals surface area contributed by atoms with Crippen molar-refractivity contribution >= 4 is 0 Å². The Morgan fingerprint density at radius 1 is 1.31 bits per heavy atom. The minimum atomic E-state index is -0.293. The fraction of sp³-hybridized carbons (Fsp3) is 0.538. The molecule has 2 atom stereocenters. The molecule has 88 valence electrons. The van der Waals surface area contributed by atoms with E-state index in [1.165, 1.54) is 18.9 Å². The van der Waals surface area contributed by atoms with Crippen molar-refractivity contribution in [2.75, 3.05) is 6.61 Å². The first-order chi connectivity index (χ1) is 7.77. The van der Waals surface area contributed by atoms with Gasteiger partial charge in [0.1, 0.15) is 0 Å². The Hall–Kier alpha value is -1.09. The molecule has 1 saturated carbocycles. The molecule has 16 heavy (non-hydrogen) atoms. The fourth-order valence-electron chi connectivity index (χ4n) is 2.31. The minimum absolute atomic E-state index is 0.293. The molecule has 1 fully saturated rings. The molecule has 0 saturated heterocycles. The number of benzene rings is 1. The molecule has 1 aliphatic carbocycles. The molecule has 1 aliphatic rings. The van der Waals surface area contributed by atoms with Crippen molar-refractivity contribution in [3.05, 3.63) is 30.1 Å². The average Bonchev–Trinajstić information content (AvgIpc) is 2.67. The number of nitrogens with two attached hydrogens (primary N) is 1. The number of hydrogen-bond donors (Lipinski definition) is 1. The van der Waals surface area contributed by atoms with Crippen LogP contribution < -0.4 is 10.5 Å². The largest absolute Gasteiger partial charge is 0.491 e. The van der Waals surface area contributed by atoms with E-state index < -0.39 is 0 Å². The monoisotopic (exact) mass is 223 g/mol. The maximum absolute atomic E-state index is 13.2. The zero-order chi connectivity index (χ0) is 11.4. The molecule has 0 bridgehead atoms. The van der Waals surface area contributed by atoms with Crippen molar-refractivity contribution in [3.63, 3.8) is 0 Å². The Balaban J connectivity index is 1.78. The molecule has 2 rings (SSSR count). The predicted octanol–water partition coefficient (Wildman–Crippen LogP) is 2.72. The van der Waals surface area contributed by atoms with Gasteiger partial charge in [-0.15, -0.1) is 0 Å². The van der Waals surface area contributed by atoms with E-state index in [2.05, 4.69) is 0 Å². The summed E-state index contributed by atoms with van der Waals surface area (Å²) in [6.07, 6.45) is 4.44. The molecular weight excluding hydrogens is 205 g/mol. The summed E-state index contributed by atoms with van der Waals surface area (Å²) in [6, 6.07) is 6.82. The van der Waals surface area contributed by atoms with E-state index >= 15 is 0 Å². The standard InChI is InChI=1S/C13H18FNO/c14-11-5-1-2-7-13(11)16-9-8-10-4-3-6-12(10)15/h1-2,5,7,10,12H,3-4,6,8-9,15H2. The minimum Gasteiger partial charge on any atom is -0.491 e. The van der Waals surface area contributed by atoms with E-state index in [1.807, 2.05) is 0 Å². The number of halogens is 1. The van der Waals surface area contributed by atoms with Crippen LogP contribution in [0.2, 0.25) is 0 Å². The lowest BCUT2D eigenvalue weighted by Gasteiger charge is -2.15. The van der Waals surface area contributed by atoms with E-state index in [0.29, 0.717) is 24.3 Å². The highest BCUT2D eigenvalue weighted by molar-refractivity contribution is 5.23. The molecule has 0 aromatic heterocycles. The number of rotatable bonds is 4. The molecule has 2 unspecified atom stereocenters. The predicted molar refractivity (Wildman–Crippen MR) is 61.8 cm³/mol. The molecule has 0 spiro atoms. The highest BCUT2D eigenvalue weighted by atomic mass is 19.1. The van der Waals surface area contributed by atoms with Crippen LogP contribution in [0.1, 0.15) is 25.7 Å². The van der Waals surface area contributed by atoms with Crippen molar-refractivity contribution in [2.24, 2.45) is 11.7 Å². The molecule has 1 aromatic carbocycles. The summed E-state index contributed by atoms with van der Waals surface area (Å²) in [7, 11) is 0. The van der Waals surface area contributed by atoms with E-state index in [1.54, 1.807) is 18.2 Å². The lowest BCUT2D eigenvalue weighted by molar-refractivity contribution is 0.261. The van der Waals surface area contributed by atoms with Gasteiger partial charge in [-0.3, -0.25) is 0 Å². The van der Waals surface area contributed by atoms with E-state index in [4.69, 9.17) is 10.5 Å². The molecule has 0 heterocycles. The Labute approximate surface area is 95.6 Å². The summed E-state index contributed by atoms with van der Waals surface area (Å²) >= 11 is 0. The molecule has 0 radical (unpaired) electrons. The maximum atomic E-state index is 13.2. The van der Waals surface area contributed by atoms with E-state index in [9.17, 15) is 4.39 Å². The van der Waals surface area contributed by atoms with Crippen LogP contribution in [-0.4, -0.2) is 12.6 Å². The SMILES string of the molecule is NC1CCCC1CCOc1ccccc1F. The van der Waals surface area contributed by atoms with E-state index in [0.717, 1.165) is 12.8 Å². The lowest BCUT2D eigenvalue weighted by atomic mass is 10.0. The number of para-hydroxylation sites is 1. The van der Waals surface area contributed by atoms with Gasteiger partial charge in [-0.05, 0) is 37.3 Å². The first-order valence-corrected chi connectivity index (χ1v) is 5.90.